The Morgan fingerprint density at radius 3 is 2.29 bits per heavy atom. The topological polar surface area (TPSA) is 35.9 Å². The van der Waals surface area contributed by atoms with Gasteiger partial charge in [-0.2, -0.15) is 23.4 Å². The minimum atomic E-state index is -4.45. The number of hydrogen-bond donors (Lipinski definition) is 0. The number of carbonyl (C=O) groups is 1. The van der Waals surface area contributed by atoms with Crippen LogP contribution in [0.4, 0.5) is 22.0 Å². The second-order valence-corrected chi connectivity index (χ2v) is 5.92. The van der Waals surface area contributed by atoms with Gasteiger partial charge in [0, 0.05) is 5.56 Å². The molecule has 2 aromatic carbocycles. The molecule has 0 aromatic heterocycles. The fraction of sp³-hybridized carbons (Fsp3) is 0.158. The SMILES string of the molecule is O=C(c1ccccc1)C(F)N1CN(F)C(C=Cc2ccc(C(F)(F)F)cc2)=N1. The van der Waals surface area contributed by atoms with Gasteiger partial charge in [-0.3, -0.25) is 4.79 Å². The van der Waals surface area contributed by atoms with Gasteiger partial charge in [-0.25, -0.2) is 9.40 Å². The molecule has 1 heterocycles. The number of halogens is 5. The summed E-state index contributed by atoms with van der Waals surface area (Å²) in [6.45, 7) is -0.591. The van der Waals surface area contributed by atoms with E-state index >= 15 is 0 Å². The van der Waals surface area contributed by atoms with E-state index in [0.29, 0.717) is 10.6 Å². The molecule has 0 amide bonds. The number of ketones is 1. The average molecular weight is 395 g/mol. The van der Waals surface area contributed by atoms with Crippen LogP contribution in [0.1, 0.15) is 21.5 Å². The highest BCUT2D eigenvalue weighted by Gasteiger charge is 2.32. The average Bonchev–Trinajstić information content (AvgIpc) is 3.06. The van der Waals surface area contributed by atoms with E-state index < -0.39 is 30.5 Å². The molecule has 1 atom stereocenters. The Bertz CT molecular complexity index is 894. The molecule has 1 aliphatic rings. The van der Waals surface area contributed by atoms with Gasteiger partial charge in [0.15, 0.2) is 5.84 Å². The summed E-state index contributed by atoms with van der Waals surface area (Å²) in [5, 5.41) is 4.51. The summed E-state index contributed by atoms with van der Waals surface area (Å²) in [6.07, 6.45) is -4.10. The quantitative estimate of drug-likeness (QED) is 0.320. The Morgan fingerprint density at radius 1 is 1.04 bits per heavy atom. The highest BCUT2D eigenvalue weighted by molar-refractivity contribution is 6.00. The van der Waals surface area contributed by atoms with Gasteiger partial charge < -0.3 is 0 Å². The third-order valence-electron chi connectivity index (χ3n) is 3.95. The molecule has 0 aliphatic carbocycles. The molecule has 0 saturated heterocycles. The summed E-state index contributed by atoms with van der Waals surface area (Å²) in [6, 6.07) is 11.9. The molecule has 0 bridgehead atoms. The molecule has 3 rings (SSSR count). The minimum absolute atomic E-state index is 0.129. The number of amidine groups is 1. The number of rotatable bonds is 5. The van der Waals surface area contributed by atoms with Crippen LogP contribution in [0, 0.1) is 0 Å². The predicted octanol–water partition coefficient (Wildman–Crippen LogP) is 4.67. The number of hydrogen-bond acceptors (Lipinski definition) is 4. The smallest absolute Gasteiger partial charge is 0.289 e. The number of benzene rings is 2. The molecule has 0 spiro atoms. The Hall–Kier alpha value is -3.23. The van der Waals surface area contributed by atoms with Crippen molar-refractivity contribution in [2.75, 3.05) is 6.67 Å². The lowest BCUT2D eigenvalue weighted by molar-refractivity contribution is -0.137. The van der Waals surface area contributed by atoms with Crippen molar-refractivity contribution in [1.82, 2.24) is 10.1 Å². The summed E-state index contributed by atoms with van der Waals surface area (Å²) in [5.41, 5.74) is -0.301. The maximum Gasteiger partial charge on any atom is 0.416 e. The third kappa shape index (κ3) is 4.36. The molecule has 0 fully saturated rings. The van der Waals surface area contributed by atoms with Crippen LogP contribution in [-0.4, -0.2) is 34.7 Å². The molecule has 1 aliphatic heterocycles. The van der Waals surface area contributed by atoms with Crippen LogP contribution >= 0.6 is 0 Å². The van der Waals surface area contributed by atoms with Crippen molar-refractivity contribution >= 4 is 17.7 Å². The highest BCUT2D eigenvalue weighted by Crippen LogP contribution is 2.29. The first-order valence-corrected chi connectivity index (χ1v) is 8.13. The van der Waals surface area contributed by atoms with Crippen LogP contribution in [-0.2, 0) is 6.18 Å². The summed E-state index contributed by atoms with van der Waals surface area (Å²) in [5.74, 6) is -1.13. The van der Waals surface area contributed by atoms with Crippen LogP contribution in [0.25, 0.3) is 6.08 Å². The number of alkyl halides is 4. The molecule has 0 saturated carbocycles. The van der Waals surface area contributed by atoms with Gasteiger partial charge >= 0.3 is 6.18 Å². The fourth-order valence-corrected chi connectivity index (χ4v) is 2.48. The van der Waals surface area contributed by atoms with E-state index in [1.165, 1.54) is 36.4 Å². The molecule has 0 radical (unpaired) electrons. The number of hydrazone groups is 1. The fourth-order valence-electron chi connectivity index (χ4n) is 2.48. The maximum absolute atomic E-state index is 14.4. The van der Waals surface area contributed by atoms with Crippen molar-refractivity contribution in [2.45, 2.75) is 12.5 Å². The molecule has 146 valence electrons. The van der Waals surface area contributed by atoms with Gasteiger partial charge in [0.1, 0.15) is 6.67 Å². The Kier molecular flexibility index (Phi) is 5.43. The lowest BCUT2D eigenvalue weighted by atomic mass is 10.1. The van der Waals surface area contributed by atoms with Crippen LogP contribution < -0.4 is 0 Å². The molecule has 1 unspecified atom stereocenters. The van der Waals surface area contributed by atoms with Crippen LogP contribution in [0.15, 0.2) is 65.8 Å². The molecule has 9 heteroatoms. The first-order valence-electron chi connectivity index (χ1n) is 8.13. The van der Waals surface area contributed by atoms with Gasteiger partial charge in [0.2, 0.25) is 5.78 Å². The molecular weight excluding hydrogens is 381 g/mol. The van der Waals surface area contributed by atoms with Crippen molar-refractivity contribution in [3.63, 3.8) is 0 Å². The zero-order valence-electron chi connectivity index (χ0n) is 14.3. The van der Waals surface area contributed by atoms with Crippen molar-refractivity contribution in [3.05, 3.63) is 77.4 Å². The first-order chi connectivity index (χ1) is 13.3. The lowest BCUT2D eigenvalue weighted by Gasteiger charge is -2.17. The maximum atomic E-state index is 14.4. The van der Waals surface area contributed by atoms with Gasteiger partial charge in [-0.05, 0) is 23.8 Å². The Balaban J connectivity index is 1.70. The minimum Gasteiger partial charge on any atom is -0.289 e. The van der Waals surface area contributed by atoms with Gasteiger partial charge in [-0.1, -0.05) is 53.0 Å². The molecule has 0 N–H and O–H groups in total. The van der Waals surface area contributed by atoms with E-state index in [9.17, 15) is 26.8 Å². The molecule has 28 heavy (non-hydrogen) atoms. The normalized spacial score (nSPS) is 15.8. The Morgan fingerprint density at radius 2 is 1.68 bits per heavy atom. The standard InChI is InChI=1S/C19H14F5N3O/c20-18(17(28)14-4-2-1-3-5-14)27-12-26(24)16(25-27)11-8-13-6-9-15(10-7-13)19(21,22)23/h1-11,18H,12H2. The van der Waals surface area contributed by atoms with Gasteiger partial charge in [0.25, 0.3) is 6.30 Å². The second-order valence-electron chi connectivity index (χ2n) is 5.92. The van der Waals surface area contributed by atoms with Crippen molar-refractivity contribution in [2.24, 2.45) is 5.10 Å². The van der Waals surface area contributed by atoms with E-state index in [4.69, 9.17) is 0 Å². The molecular formula is C19H14F5N3O. The van der Waals surface area contributed by atoms with E-state index in [2.05, 4.69) is 5.10 Å². The van der Waals surface area contributed by atoms with E-state index in [-0.39, 0.29) is 16.5 Å². The monoisotopic (exact) mass is 395 g/mol. The van der Waals surface area contributed by atoms with Crippen molar-refractivity contribution < 1.29 is 26.8 Å². The second kappa shape index (κ2) is 7.79. The van der Waals surface area contributed by atoms with E-state index in [1.54, 1.807) is 18.2 Å². The number of Topliss-reactive ketones (excluding diaryl/α,β-unsaturated/α-hetero) is 1. The van der Waals surface area contributed by atoms with Crippen LogP contribution in [0.2, 0.25) is 0 Å². The highest BCUT2D eigenvalue weighted by atomic mass is 19.4. The van der Waals surface area contributed by atoms with E-state index in [0.717, 1.165) is 12.1 Å². The predicted molar refractivity (Wildman–Crippen MR) is 93.2 cm³/mol. The summed E-state index contributed by atoms with van der Waals surface area (Å²) >= 11 is 0. The van der Waals surface area contributed by atoms with Gasteiger partial charge in [0.05, 0.1) is 5.56 Å². The largest absolute Gasteiger partial charge is 0.416 e. The summed E-state index contributed by atoms with van der Waals surface area (Å²) in [7, 11) is 0. The number of nitrogens with zero attached hydrogens (tertiary/aromatic N) is 3. The third-order valence-corrected chi connectivity index (χ3v) is 3.95. The lowest BCUT2D eigenvalue weighted by Crippen LogP contribution is -2.35. The molecule has 2 aromatic rings. The number of carbonyl (C=O) groups excluding carboxylic acids is 1. The molecule has 4 nitrogen and oxygen atoms in total. The zero-order chi connectivity index (χ0) is 20.3. The Labute approximate surface area is 157 Å². The first kappa shape index (κ1) is 19.5. The van der Waals surface area contributed by atoms with Gasteiger partial charge in [-0.15, -0.1) is 0 Å². The summed E-state index contributed by atoms with van der Waals surface area (Å²) < 4.78 is 66.0. The van der Waals surface area contributed by atoms with Crippen molar-refractivity contribution in [3.8, 4) is 0 Å². The zero-order valence-corrected chi connectivity index (χ0v) is 14.3. The van der Waals surface area contributed by atoms with E-state index in [1.807, 2.05) is 0 Å². The van der Waals surface area contributed by atoms with Crippen LogP contribution in [0.5, 0.6) is 0 Å². The van der Waals surface area contributed by atoms with Crippen LogP contribution in [0.3, 0.4) is 0 Å². The summed E-state index contributed by atoms with van der Waals surface area (Å²) in [4.78, 5) is 12.1. The van der Waals surface area contributed by atoms with Crippen molar-refractivity contribution in [1.29, 1.82) is 0 Å².